The number of nitrogens with zero attached hydrogens (tertiary/aromatic N) is 1. The summed E-state index contributed by atoms with van der Waals surface area (Å²) in [6.07, 6.45) is 1.75. The van der Waals surface area contributed by atoms with Crippen molar-refractivity contribution >= 4 is 38.5 Å². The molecule has 32 heavy (non-hydrogen) atoms. The van der Waals surface area contributed by atoms with Crippen molar-refractivity contribution < 1.29 is 18.6 Å². The minimum Gasteiger partial charge on any atom is -0.469 e. The van der Waals surface area contributed by atoms with Crippen LogP contribution in [-0.4, -0.2) is 41.0 Å². The van der Waals surface area contributed by atoms with Gasteiger partial charge in [0.15, 0.2) is 0 Å². The third kappa shape index (κ3) is 8.68. The second kappa shape index (κ2) is 11.3. The van der Waals surface area contributed by atoms with Crippen LogP contribution in [0.25, 0.3) is 0 Å². The molecule has 0 radical (unpaired) electrons. The number of benzene rings is 1. The highest BCUT2D eigenvalue weighted by atomic mass is 79.9. The molecule has 0 heterocycles. The Bertz CT molecular complexity index is 712. The topological polar surface area (TPSA) is 48.0 Å². The van der Waals surface area contributed by atoms with Crippen LogP contribution in [0.4, 0.5) is 0 Å². The predicted molar refractivity (Wildman–Crippen MR) is 141 cm³/mol. The highest BCUT2D eigenvalue weighted by Crippen LogP contribution is 2.41. The Morgan fingerprint density at radius 3 is 1.75 bits per heavy atom. The van der Waals surface area contributed by atoms with E-state index < -0.39 is 16.6 Å². The van der Waals surface area contributed by atoms with E-state index in [2.05, 4.69) is 95.8 Å². The van der Waals surface area contributed by atoms with E-state index in [1.165, 1.54) is 12.7 Å². The van der Waals surface area contributed by atoms with Gasteiger partial charge in [-0.3, -0.25) is 4.79 Å². The molecule has 1 atom stereocenters. The molecule has 0 unspecified atom stereocenters. The first-order valence-corrected chi connectivity index (χ1v) is 18.0. The van der Waals surface area contributed by atoms with E-state index in [1.54, 1.807) is 5.23 Å². The first-order chi connectivity index (χ1) is 14.4. The maximum atomic E-state index is 12.4. The molecule has 0 saturated heterocycles. The summed E-state index contributed by atoms with van der Waals surface area (Å²) in [6, 6.07) is 8.05. The zero-order chi connectivity index (χ0) is 25.0. The fraction of sp³-hybridized carbons (Fsp3) is 0.708. The highest BCUT2D eigenvalue weighted by Gasteiger charge is 2.46. The molecule has 0 aliphatic heterocycles. The average Bonchev–Trinajstić information content (AvgIpc) is 2.63. The molecule has 184 valence electrons. The molecule has 0 fully saturated rings. The number of aryl methyl sites for hydroxylation is 1. The molecule has 1 rings (SSSR count). The van der Waals surface area contributed by atoms with E-state index in [-0.39, 0.29) is 28.5 Å². The molecule has 0 aliphatic carbocycles. The number of rotatable bonds is 10. The monoisotopic (exact) mass is 545 g/mol. The fourth-order valence-electron chi connectivity index (χ4n) is 2.43. The maximum absolute atomic E-state index is 12.4. The van der Waals surface area contributed by atoms with Gasteiger partial charge in [-0.05, 0) is 66.8 Å². The molecule has 0 amide bonds. The Morgan fingerprint density at radius 1 is 0.938 bits per heavy atom. The van der Waals surface area contributed by atoms with E-state index >= 15 is 0 Å². The van der Waals surface area contributed by atoms with Crippen LogP contribution in [-0.2, 0) is 25.0 Å². The number of methoxy groups -OCH3 is 1. The summed E-state index contributed by atoms with van der Waals surface area (Å²) in [6.45, 7) is 22.1. The van der Waals surface area contributed by atoms with Crippen molar-refractivity contribution in [3.63, 3.8) is 0 Å². The van der Waals surface area contributed by atoms with E-state index in [9.17, 15) is 4.79 Å². The van der Waals surface area contributed by atoms with Gasteiger partial charge in [-0.1, -0.05) is 74.8 Å². The Kier molecular flexibility index (Phi) is 10.4. The van der Waals surface area contributed by atoms with Crippen LogP contribution in [0.2, 0.25) is 36.3 Å². The van der Waals surface area contributed by atoms with Crippen molar-refractivity contribution in [2.24, 2.45) is 0 Å². The Morgan fingerprint density at radius 2 is 1.38 bits per heavy atom. The molecule has 1 aromatic carbocycles. The van der Waals surface area contributed by atoms with Crippen LogP contribution < -0.4 is 0 Å². The van der Waals surface area contributed by atoms with Crippen molar-refractivity contribution in [3.8, 4) is 0 Å². The van der Waals surface area contributed by atoms with Gasteiger partial charge in [0, 0.05) is 4.47 Å². The number of ether oxygens (including phenoxy) is 1. The van der Waals surface area contributed by atoms with Crippen LogP contribution in [0, 0.1) is 0 Å². The standard InChI is InChI=1S/C24H44BrNO4Si2/c1-23(2,3)31(8,9)29-26(30-32(10,11)24(4,5)6)21(18-22(27)28-7)17-14-19-12-15-20(25)16-13-19/h12-13,15-16,21H,14,17-18H2,1-11H3/t21-/m1/s1. The summed E-state index contributed by atoms with van der Waals surface area (Å²) >= 11 is 3.49. The second-order valence-electron chi connectivity index (χ2n) is 11.6. The average molecular weight is 547 g/mol. The molecule has 0 aromatic heterocycles. The van der Waals surface area contributed by atoms with Gasteiger partial charge in [-0.25, -0.2) is 0 Å². The number of hydrogen-bond acceptors (Lipinski definition) is 5. The molecular formula is C24H44BrNO4Si2. The van der Waals surface area contributed by atoms with Crippen LogP contribution in [0.5, 0.6) is 0 Å². The lowest BCUT2D eigenvalue weighted by Crippen LogP contribution is -2.55. The largest absolute Gasteiger partial charge is 0.469 e. The predicted octanol–water partition coefficient (Wildman–Crippen LogP) is 7.49. The third-order valence-electron chi connectivity index (χ3n) is 6.86. The van der Waals surface area contributed by atoms with Gasteiger partial charge < -0.3 is 13.8 Å². The number of esters is 1. The Balaban J connectivity index is 3.29. The van der Waals surface area contributed by atoms with E-state index in [4.69, 9.17) is 13.8 Å². The van der Waals surface area contributed by atoms with Crippen molar-refractivity contribution in [2.45, 2.75) is 103 Å². The minimum absolute atomic E-state index is 0.00353. The molecule has 8 heteroatoms. The minimum atomic E-state index is -2.20. The maximum Gasteiger partial charge on any atom is 0.307 e. The molecule has 0 aliphatic rings. The number of halogens is 1. The van der Waals surface area contributed by atoms with Gasteiger partial charge in [0.1, 0.15) is 0 Å². The molecule has 5 nitrogen and oxygen atoms in total. The van der Waals surface area contributed by atoms with Crippen LogP contribution in [0.15, 0.2) is 28.7 Å². The second-order valence-corrected chi connectivity index (χ2v) is 21.9. The summed E-state index contributed by atoms with van der Waals surface area (Å²) in [5.74, 6) is -0.256. The highest BCUT2D eigenvalue weighted by molar-refractivity contribution is 9.10. The third-order valence-corrected chi connectivity index (χ3v) is 15.9. The SMILES string of the molecule is COC(=O)C[C@@H](CCc1ccc(Br)cc1)N(O[Si](C)(C)C(C)(C)C)O[Si](C)(C)C(C)(C)C. The lowest BCUT2D eigenvalue weighted by atomic mass is 10.0. The molecule has 0 N–H and O–H groups in total. The fourth-order valence-corrected chi connectivity index (χ4v) is 4.59. The van der Waals surface area contributed by atoms with Gasteiger partial charge in [0.2, 0.25) is 16.6 Å². The zero-order valence-corrected chi connectivity index (χ0v) is 25.6. The first kappa shape index (κ1) is 29.5. The van der Waals surface area contributed by atoms with Crippen molar-refractivity contribution in [2.75, 3.05) is 7.11 Å². The van der Waals surface area contributed by atoms with E-state index in [0.29, 0.717) is 0 Å². The van der Waals surface area contributed by atoms with E-state index in [0.717, 1.165) is 17.3 Å². The Hall–Kier alpha value is -0.516. The van der Waals surface area contributed by atoms with Crippen LogP contribution in [0.1, 0.15) is 59.9 Å². The van der Waals surface area contributed by atoms with E-state index in [1.807, 2.05) is 12.1 Å². The number of hydroxylamine groups is 2. The lowest BCUT2D eigenvalue weighted by molar-refractivity contribution is -0.303. The molecular weight excluding hydrogens is 502 g/mol. The molecule has 0 spiro atoms. The summed E-state index contributed by atoms with van der Waals surface area (Å²) in [5.41, 5.74) is 1.21. The van der Waals surface area contributed by atoms with Gasteiger partial charge >= 0.3 is 5.97 Å². The van der Waals surface area contributed by atoms with Gasteiger partial charge in [-0.15, -0.1) is 0 Å². The molecule has 1 aromatic rings. The number of hydrogen-bond donors (Lipinski definition) is 0. The van der Waals surface area contributed by atoms with Gasteiger partial charge in [0.25, 0.3) is 0 Å². The van der Waals surface area contributed by atoms with Crippen molar-refractivity contribution in [1.29, 1.82) is 0 Å². The molecule has 0 bridgehead atoms. The summed E-state index contributed by atoms with van der Waals surface area (Å²) in [7, 11) is -2.97. The quantitative estimate of drug-likeness (QED) is 0.173. The first-order valence-electron chi connectivity index (χ1n) is 11.4. The van der Waals surface area contributed by atoms with Gasteiger partial charge in [0.05, 0.1) is 19.6 Å². The number of carbonyl (C=O) groups excluding carboxylic acids is 1. The van der Waals surface area contributed by atoms with Crippen LogP contribution in [0.3, 0.4) is 0 Å². The van der Waals surface area contributed by atoms with Crippen LogP contribution >= 0.6 is 15.9 Å². The zero-order valence-electron chi connectivity index (χ0n) is 22.0. The number of carbonyl (C=O) groups is 1. The summed E-state index contributed by atoms with van der Waals surface area (Å²) in [4.78, 5) is 12.4. The van der Waals surface area contributed by atoms with Gasteiger partial charge in [-0.2, -0.15) is 0 Å². The Labute approximate surface area is 206 Å². The van der Waals surface area contributed by atoms with Crippen molar-refractivity contribution in [1.82, 2.24) is 5.23 Å². The molecule has 0 saturated carbocycles. The summed E-state index contributed by atoms with van der Waals surface area (Å²) < 4.78 is 19.5. The smallest absolute Gasteiger partial charge is 0.307 e. The normalized spacial score (nSPS) is 14.5. The van der Waals surface area contributed by atoms with Crippen molar-refractivity contribution in [3.05, 3.63) is 34.3 Å². The summed E-state index contributed by atoms with van der Waals surface area (Å²) in [5, 5.41) is 1.72. The lowest BCUT2D eigenvalue weighted by Gasteiger charge is -2.46.